The van der Waals surface area contributed by atoms with E-state index in [1.165, 1.54) is 31.4 Å². The summed E-state index contributed by atoms with van der Waals surface area (Å²) < 4.78 is 24.7. The van der Waals surface area contributed by atoms with Crippen molar-refractivity contribution in [3.63, 3.8) is 0 Å². The second-order valence-corrected chi connectivity index (χ2v) is 5.11. The number of hydrogen-bond donors (Lipinski definition) is 1. The number of hydrogen-bond acceptors (Lipinski definition) is 1. The fourth-order valence-corrected chi connectivity index (χ4v) is 1.82. The summed E-state index contributed by atoms with van der Waals surface area (Å²) >= 11 is 0. The van der Waals surface area contributed by atoms with Gasteiger partial charge in [0.1, 0.15) is 0 Å². The van der Waals surface area contributed by atoms with Crippen LogP contribution in [0.2, 0.25) is 0 Å². The normalized spacial score (nSPS) is 11.4. The molecule has 0 aliphatic carbocycles. The molecule has 102 valence electrons. The van der Waals surface area contributed by atoms with Crippen LogP contribution in [-0.4, -0.2) is 6.54 Å². The highest BCUT2D eigenvalue weighted by molar-refractivity contribution is 5.23. The van der Waals surface area contributed by atoms with Crippen LogP contribution in [0.1, 0.15) is 50.7 Å². The van der Waals surface area contributed by atoms with Crippen molar-refractivity contribution < 1.29 is 8.78 Å². The van der Waals surface area contributed by atoms with Gasteiger partial charge in [-0.1, -0.05) is 51.0 Å². The molecule has 1 aromatic carbocycles. The number of unbranched alkanes of at least 4 members (excludes halogenated alkanes) is 1. The van der Waals surface area contributed by atoms with Crippen molar-refractivity contribution in [3.05, 3.63) is 35.4 Å². The van der Waals surface area contributed by atoms with Gasteiger partial charge in [-0.2, -0.15) is 0 Å². The molecule has 1 nitrogen and oxygen atoms in total. The zero-order valence-corrected chi connectivity index (χ0v) is 11.3. The average Bonchev–Trinajstić information content (AvgIpc) is 2.34. The van der Waals surface area contributed by atoms with E-state index in [-0.39, 0.29) is 5.56 Å². The molecular formula is C15H23F2N. The second kappa shape index (κ2) is 8.20. The molecule has 0 aliphatic rings. The van der Waals surface area contributed by atoms with Gasteiger partial charge in [-0.3, -0.25) is 0 Å². The summed E-state index contributed by atoms with van der Waals surface area (Å²) in [6.07, 6.45) is 1.32. The van der Waals surface area contributed by atoms with Crippen molar-refractivity contribution in [2.45, 2.75) is 46.1 Å². The Morgan fingerprint density at radius 1 is 1.06 bits per heavy atom. The smallest absolute Gasteiger partial charge is 0.263 e. The lowest BCUT2D eigenvalue weighted by Gasteiger charge is -2.07. The summed E-state index contributed by atoms with van der Waals surface area (Å²) in [6, 6.07) is 6.53. The van der Waals surface area contributed by atoms with Crippen molar-refractivity contribution >= 4 is 0 Å². The second-order valence-electron chi connectivity index (χ2n) is 5.11. The molecule has 1 rings (SSSR count). The summed E-state index contributed by atoms with van der Waals surface area (Å²) in [5.74, 6) is 0.770. The van der Waals surface area contributed by atoms with Crippen molar-refractivity contribution in [2.75, 3.05) is 6.54 Å². The maximum Gasteiger partial charge on any atom is 0.263 e. The van der Waals surface area contributed by atoms with Gasteiger partial charge in [-0.25, -0.2) is 8.78 Å². The Morgan fingerprint density at radius 3 is 2.28 bits per heavy atom. The highest BCUT2D eigenvalue weighted by Crippen LogP contribution is 2.18. The maximum absolute atomic E-state index is 12.3. The zero-order valence-electron chi connectivity index (χ0n) is 11.3. The molecular weight excluding hydrogens is 232 g/mol. The van der Waals surface area contributed by atoms with E-state index in [1.807, 2.05) is 0 Å². The Kier molecular flexibility index (Phi) is 6.88. The number of alkyl halides is 2. The molecule has 0 fully saturated rings. The van der Waals surface area contributed by atoms with Crippen molar-refractivity contribution in [3.8, 4) is 0 Å². The molecule has 0 saturated heterocycles. The van der Waals surface area contributed by atoms with Crippen LogP contribution in [0.3, 0.4) is 0 Å². The van der Waals surface area contributed by atoms with E-state index < -0.39 is 6.43 Å². The highest BCUT2D eigenvalue weighted by Gasteiger charge is 2.05. The lowest BCUT2D eigenvalue weighted by Crippen LogP contribution is -2.14. The minimum Gasteiger partial charge on any atom is -0.313 e. The predicted octanol–water partition coefficient (Wildman–Crippen LogP) is 4.54. The van der Waals surface area contributed by atoms with Gasteiger partial charge in [0, 0.05) is 12.1 Å². The predicted molar refractivity (Wildman–Crippen MR) is 71.8 cm³/mol. The molecule has 0 aliphatic heterocycles. The Bertz CT molecular complexity index is 320. The van der Waals surface area contributed by atoms with Crippen LogP contribution >= 0.6 is 0 Å². The Labute approximate surface area is 109 Å². The number of halogens is 2. The number of rotatable bonds is 8. The van der Waals surface area contributed by atoms with E-state index in [9.17, 15) is 8.78 Å². The van der Waals surface area contributed by atoms with Gasteiger partial charge in [0.25, 0.3) is 6.43 Å². The van der Waals surface area contributed by atoms with Gasteiger partial charge >= 0.3 is 0 Å². The summed E-state index contributed by atoms with van der Waals surface area (Å²) in [6.45, 7) is 6.21. The molecule has 0 spiro atoms. The van der Waals surface area contributed by atoms with Crippen LogP contribution in [0.25, 0.3) is 0 Å². The lowest BCUT2D eigenvalue weighted by atomic mass is 10.1. The number of nitrogens with one attached hydrogen (secondary N) is 1. The first-order chi connectivity index (χ1) is 8.59. The van der Waals surface area contributed by atoms with Gasteiger partial charge in [0.05, 0.1) is 0 Å². The van der Waals surface area contributed by atoms with Crippen LogP contribution in [-0.2, 0) is 6.54 Å². The van der Waals surface area contributed by atoms with Crippen LogP contribution in [0, 0.1) is 5.92 Å². The first-order valence-corrected chi connectivity index (χ1v) is 6.67. The van der Waals surface area contributed by atoms with Gasteiger partial charge in [-0.05, 0) is 24.4 Å². The monoisotopic (exact) mass is 255 g/mol. The molecule has 0 atom stereocenters. The molecule has 1 N–H and O–H groups in total. The summed E-state index contributed by atoms with van der Waals surface area (Å²) in [5.41, 5.74) is 1.15. The Morgan fingerprint density at radius 2 is 1.72 bits per heavy atom. The fourth-order valence-electron chi connectivity index (χ4n) is 1.82. The van der Waals surface area contributed by atoms with E-state index in [0.29, 0.717) is 0 Å². The first-order valence-electron chi connectivity index (χ1n) is 6.67. The highest BCUT2D eigenvalue weighted by atomic mass is 19.3. The lowest BCUT2D eigenvalue weighted by molar-refractivity contribution is 0.151. The Balaban J connectivity index is 2.15. The molecule has 0 heterocycles. The summed E-state index contributed by atoms with van der Waals surface area (Å²) in [7, 11) is 0. The topological polar surface area (TPSA) is 12.0 Å². The molecule has 18 heavy (non-hydrogen) atoms. The fraction of sp³-hybridized carbons (Fsp3) is 0.600. The van der Waals surface area contributed by atoms with Gasteiger partial charge in [0.2, 0.25) is 0 Å². The molecule has 0 saturated carbocycles. The third kappa shape index (κ3) is 6.10. The van der Waals surface area contributed by atoms with Crippen molar-refractivity contribution in [1.82, 2.24) is 5.32 Å². The largest absolute Gasteiger partial charge is 0.313 e. The molecule has 0 unspecified atom stereocenters. The minimum absolute atomic E-state index is 0.0932. The Hall–Kier alpha value is -0.960. The molecule has 0 amide bonds. The van der Waals surface area contributed by atoms with E-state index in [1.54, 1.807) is 12.1 Å². The van der Waals surface area contributed by atoms with Gasteiger partial charge < -0.3 is 5.32 Å². The van der Waals surface area contributed by atoms with Crippen molar-refractivity contribution in [1.29, 1.82) is 0 Å². The molecule has 0 bridgehead atoms. The minimum atomic E-state index is -2.37. The van der Waals surface area contributed by atoms with E-state index in [4.69, 9.17) is 0 Å². The molecule has 3 heteroatoms. The average molecular weight is 255 g/mol. The SMILES string of the molecule is CC(C)CCCCNCc1ccc(C(F)F)cc1. The van der Waals surface area contributed by atoms with E-state index >= 15 is 0 Å². The third-order valence-corrected chi connectivity index (χ3v) is 2.95. The van der Waals surface area contributed by atoms with Gasteiger partial charge in [0.15, 0.2) is 0 Å². The molecule has 0 aromatic heterocycles. The van der Waals surface area contributed by atoms with Crippen LogP contribution in [0.15, 0.2) is 24.3 Å². The van der Waals surface area contributed by atoms with Crippen LogP contribution < -0.4 is 5.32 Å². The summed E-state index contributed by atoms with van der Waals surface area (Å²) in [4.78, 5) is 0. The molecule has 0 radical (unpaired) electrons. The maximum atomic E-state index is 12.3. The quantitative estimate of drug-likeness (QED) is 0.672. The van der Waals surface area contributed by atoms with E-state index in [0.717, 1.165) is 24.6 Å². The molecule has 1 aromatic rings. The zero-order chi connectivity index (χ0) is 13.4. The van der Waals surface area contributed by atoms with Gasteiger partial charge in [-0.15, -0.1) is 0 Å². The summed E-state index contributed by atoms with van der Waals surface area (Å²) in [5, 5.41) is 3.34. The standard InChI is InChI=1S/C15H23F2N/c1-12(2)5-3-4-10-18-11-13-6-8-14(9-7-13)15(16)17/h6-9,12,15,18H,3-5,10-11H2,1-2H3. The third-order valence-electron chi connectivity index (χ3n) is 2.95. The van der Waals surface area contributed by atoms with E-state index in [2.05, 4.69) is 19.2 Å². The van der Waals surface area contributed by atoms with Crippen LogP contribution in [0.5, 0.6) is 0 Å². The first kappa shape index (κ1) is 15.1. The van der Waals surface area contributed by atoms with Crippen molar-refractivity contribution in [2.24, 2.45) is 5.92 Å². The number of benzene rings is 1. The van der Waals surface area contributed by atoms with Crippen LogP contribution in [0.4, 0.5) is 8.78 Å².